The number of alkyl halides is 2. The van der Waals surface area contributed by atoms with Crippen molar-refractivity contribution in [1.29, 1.82) is 0 Å². The molecule has 2 unspecified atom stereocenters. The third-order valence-corrected chi connectivity index (χ3v) is 5.46. The third kappa shape index (κ3) is 5.06. The second-order valence-electron chi connectivity index (χ2n) is 8.36. The molecule has 0 spiro atoms. The number of fused-ring (bicyclic) bond motifs is 1. The molecule has 0 aliphatic heterocycles. The number of carbonyl (C=O) groups excluding carboxylic acids is 1. The lowest BCUT2D eigenvalue weighted by Crippen LogP contribution is -2.46. The SMILES string of the molecule is Cc1cccc(C(Oc2ccc3c(cnn3-c3ccc(F)cc3)c2)C(C)NC(=O)C(C)(F)F)c1. The zero-order valence-electron chi connectivity index (χ0n) is 18.9. The first kappa shape index (κ1) is 23.4. The lowest BCUT2D eigenvalue weighted by molar-refractivity contribution is -0.144. The summed E-state index contributed by atoms with van der Waals surface area (Å²) in [7, 11) is 0. The van der Waals surface area contributed by atoms with Gasteiger partial charge in [-0.2, -0.15) is 13.9 Å². The van der Waals surface area contributed by atoms with Gasteiger partial charge in [-0.05, 0) is 61.9 Å². The van der Waals surface area contributed by atoms with Crippen LogP contribution in [0.2, 0.25) is 0 Å². The zero-order valence-corrected chi connectivity index (χ0v) is 18.9. The summed E-state index contributed by atoms with van der Waals surface area (Å²) >= 11 is 0. The van der Waals surface area contributed by atoms with Gasteiger partial charge in [-0.1, -0.05) is 29.8 Å². The third-order valence-electron chi connectivity index (χ3n) is 5.46. The molecule has 8 heteroatoms. The van der Waals surface area contributed by atoms with E-state index in [2.05, 4.69) is 10.4 Å². The highest BCUT2D eigenvalue weighted by Gasteiger charge is 2.35. The van der Waals surface area contributed by atoms with E-state index in [4.69, 9.17) is 4.74 Å². The van der Waals surface area contributed by atoms with Gasteiger partial charge in [-0.15, -0.1) is 0 Å². The molecule has 0 saturated carbocycles. The molecule has 5 nitrogen and oxygen atoms in total. The van der Waals surface area contributed by atoms with Gasteiger partial charge in [0.25, 0.3) is 5.91 Å². The van der Waals surface area contributed by atoms with E-state index in [1.54, 1.807) is 42.1 Å². The van der Waals surface area contributed by atoms with Crippen LogP contribution in [0.3, 0.4) is 0 Å². The number of aromatic nitrogens is 2. The van der Waals surface area contributed by atoms with E-state index in [9.17, 15) is 18.0 Å². The van der Waals surface area contributed by atoms with Crippen LogP contribution in [0.4, 0.5) is 13.2 Å². The van der Waals surface area contributed by atoms with Crippen molar-refractivity contribution in [3.8, 4) is 11.4 Å². The number of nitrogens with zero attached hydrogens (tertiary/aromatic N) is 2. The summed E-state index contributed by atoms with van der Waals surface area (Å²) in [6.07, 6.45) is 0.951. The van der Waals surface area contributed by atoms with Gasteiger partial charge in [0.15, 0.2) is 0 Å². The molecule has 34 heavy (non-hydrogen) atoms. The van der Waals surface area contributed by atoms with Gasteiger partial charge in [0.05, 0.1) is 23.4 Å². The van der Waals surface area contributed by atoms with Gasteiger partial charge in [-0.3, -0.25) is 4.79 Å². The molecule has 0 aliphatic rings. The normalized spacial score (nSPS) is 13.5. The molecule has 0 saturated heterocycles. The number of rotatable bonds is 7. The Morgan fingerprint density at radius 3 is 2.50 bits per heavy atom. The summed E-state index contributed by atoms with van der Waals surface area (Å²) in [6.45, 7) is 4.10. The Balaban J connectivity index is 1.64. The first-order chi connectivity index (χ1) is 16.1. The van der Waals surface area contributed by atoms with Crippen molar-refractivity contribution in [3.63, 3.8) is 0 Å². The first-order valence-corrected chi connectivity index (χ1v) is 10.8. The average Bonchev–Trinajstić information content (AvgIpc) is 3.20. The number of halogens is 3. The highest BCUT2D eigenvalue weighted by atomic mass is 19.3. The largest absolute Gasteiger partial charge is 0.484 e. The van der Waals surface area contributed by atoms with Crippen molar-refractivity contribution in [3.05, 3.63) is 89.9 Å². The van der Waals surface area contributed by atoms with Crippen LogP contribution in [0.15, 0.2) is 72.9 Å². The number of ether oxygens (including phenoxy) is 1. The van der Waals surface area contributed by atoms with E-state index >= 15 is 0 Å². The summed E-state index contributed by atoms with van der Waals surface area (Å²) < 4.78 is 48.2. The smallest absolute Gasteiger partial charge is 0.321 e. The second kappa shape index (κ2) is 9.21. The van der Waals surface area contributed by atoms with Crippen molar-refractivity contribution in [1.82, 2.24) is 15.1 Å². The number of amides is 1. The van der Waals surface area contributed by atoms with Gasteiger partial charge in [-0.25, -0.2) is 9.07 Å². The maximum atomic E-state index is 13.5. The van der Waals surface area contributed by atoms with Crippen LogP contribution in [0, 0.1) is 12.7 Å². The monoisotopic (exact) mass is 467 g/mol. The van der Waals surface area contributed by atoms with Crippen LogP contribution >= 0.6 is 0 Å². The molecule has 1 aromatic heterocycles. The number of nitrogens with one attached hydrogen (secondary N) is 1. The average molecular weight is 467 g/mol. The van der Waals surface area contributed by atoms with E-state index in [1.807, 2.05) is 37.3 Å². The van der Waals surface area contributed by atoms with Gasteiger partial charge >= 0.3 is 5.92 Å². The standard InChI is InChI=1S/C26H24F3N3O2/c1-16-5-4-6-18(13-16)24(17(2)31-25(33)26(3,28)29)34-22-11-12-23-19(14-22)15-30-32(23)21-9-7-20(27)8-10-21/h4-15,17,24H,1-3H3,(H,31,33). The van der Waals surface area contributed by atoms with E-state index in [-0.39, 0.29) is 5.82 Å². The number of carbonyl (C=O) groups is 1. The Labute approximate surface area is 195 Å². The van der Waals surface area contributed by atoms with Crippen LogP contribution in [0.25, 0.3) is 16.6 Å². The Kier molecular flexibility index (Phi) is 6.32. The molecule has 1 amide bonds. The number of aryl methyl sites for hydroxylation is 1. The van der Waals surface area contributed by atoms with Crippen molar-refractivity contribution in [2.75, 3.05) is 0 Å². The summed E-state index contributed by atoms with van der Waals surface area (Å²) in [5.41, 5.74) is 3.22. The molecule has 3 aromatic carbocycles. The van der Waals surface area contributed by atoms with Gasteiger partial charge < -0.3 is 10.1 Å². The lowest BCUT2D eigenvalue weighted by Gasteiger charge is -2.27. The van der Waals surface area contributed by atoms with E-state index in [0.717, 1.165) is 22.0 Å². The summed E-state index contributed by atoms with van der Waals surface area (Å²) in [6, 6.07) is 18.1. The van der Waals surface area contributed by atoms with Crippen molar-refractivity contribution < 1.29 is 22.7 Å². The molecule has 0 bridgehead atoms. The summed E-state index contributed by atoms with van der Waals surface area (Å²) in [5.74, 6) is -4.71. The number of hydrogen-bond donors (Lipinski definition) is 1. The van der Waals surface area contributed by atoms with Gasteiger partial charge in [0.2, 0.25) is 0 Å². The van der Waals surface area contributed by atoms with Crippen molar-refractivity contribution >= 4 is 16.8 Å². The predicted octanol–water partition coefficient (Wildman–Crippen LogP) is 5.75. The van der Waals surface area contributed by atoms with Gasteiger partial charge in [0.1, 0.15) is 17.7 Å². The Morgan fingerprint density at radius 2 is 1.82 bits per heavy atom. The van der Waals surface area contributed by atoms with Crippen LogP contribution in [-0.2, 0) is 4.79 Å². The molecule has 1 heterocycles. The Hall–Kier alpha value is -3.81. The maximum Gasteiger partial charge on any atom is 0.321 e. The fraction of sp³-hybridized carbons (Fsp3) is 0.231. The van der Waals surface area contributed by atoms with Crippen LogP contribution in [0.1, 0.15) is 31.1 Å². The molecular weight excluding hydrogens is 443 g/mol. The fourth-order valence-corrected chi connectivity index (χ4v) is 3.73. The number of hydrogen-bond acceptors (Lipinski definition) is 3. The Bertz CT molecular complexity index is 1310. The molecule has 0 fully saturated rings. The molecule has 4 rings (SSSR count). The first-order valence-electron chi connectivity index (χ1n) is 10.8. The molecule has 4 aromatic rings. The maximum absolute atomic E-state index is 13.5. The van der Waals surface area contributed by atoms with Crippen molar-refractivity contribution in [2.45, 2.75) is 38.8 Å². The lowest BCUT2D eigenvalue weighted by atomic mass is 10.0. The number of benzene rings is 3. The highest BCUT2D eigenvalue weighted by molar-refractivity contribution is 5.83. The summed E-state index contributed by atoms with van der Waals surface area (Å²) in [5, 5.41) is 7.53. The van der Waals surface area contributed by atoms with Crippen LogP contribution in [0.5, 0.6) is 5.75 Å². The topological polar surface area (TPSA) is 56.1 Å². The minimum absolute atomic E-state index is 0.333. The molecular formula is C26H24F3N3O2. The predicted molar refractivity (Wildman–Crippen MR) is 124 cm³/mol. The molecule has 0 radical (unpaired) electrons. The van der Waals surface area contributed by atoms with Crippen LogP contribution < -0.4 is 10.1 Å². The van der Waals surface area contributed by atoms with Gasteiger partial charge in [0, 0.05) is 12.3 Å². The minimum atomic E-state index is -3.50. The van der Waals surface area contributed by atoms with E-state index in [1.165, 1.54) is 12.1 Å². The van der Waals surface area contributed by atoms with Crippen LogP contribution in [-0.4, -0.2) is 27.7 Å². The summed E-state index contributed by atoms with van der Waals surface area (Å²) in [4.78, 5) is 11.9. The van der Waals surface area contributed by atoms with Crippen molar-refractivity contribution in [2.24, 2.45) is 0 Å². The van der Waals surface area contributed by atoms with E-state index < -0.39 is 24.0 Å². The molecule has 2 atom stereocenters. The molecule has 1 N–H and O–H groups in total. The fourth-order valence-electron chi connectivity index (χ4n) is 3.73. The zero-order chi connectivity index (χ0) is 24.5. The molecule has 176 valence electrons. The minimum Gasteiger partial charge on any atom is -0.484 e. The van der Waals surface area contributed by atoms with E-state index in [0.29, 0.717) is 18.4 Å². The Morgan fingerprint density at radius 1 is 1.09 bits per heavy atom. The quantitative estimate of drug-likeness (QED) is 0.376. The highest BCUT2D eigenvalue weighted by Crippen LogP contribution is 2.30. The second-order valence-corrected chi connectivity index (χ2v) is 8.36. The molecule has 0 aliphatic carbocycles.